The standard InChI is InChI=1S/C24H24Cl2N2O/c25-21-11-10-18(23(26)13-21)14-27-24(29)20-8-4-12-28(16-20)15-19-7-3-6-17-5-1-2-9-22(17)19/h1-3,5-7,9-11,13,20H,4,8,12,14-16H2,(H,27,29). The molecule has 1 aliphatic rings. The SMILES string of the molecule is O=C(NCc1ccc(Cl)cc1Cl)C1CCCN(Cc2cccc3ccccc23)C1. The van der Waals surface area contributed by atoms with Gasteiger partial charge in [-0.05, 0) is 53.4 Å². The van der Waals surface area contributed by atoms with E-state index in [0.717, 1.165) is 38.0 Å². The Bertz CT molecular complexity index is 1020. The number of carbonyl (C=O) groups excluding carboxylic acids is 1. The number of benzene rings is 3. The zero-order valence-electron chi connectivity index (χ0n) is 16.2. The van der Waals surface area contributed by atoms with Gasteiger partial charge in [-0.3, -0.25) is 9.69 Å². The minimum Gasteiger partial charge on any atom is -0.352 e. The van der Waals surface area contributed by atoms with Crippen molar-refractivity contribution in [3.05, 3.63) is 81.8 Å². The molecule has 1 aliphatic heterocycles. The number of hydrogen-bond acceptors (Lipinski definition) is 2. The molecule has 3 aromatic carbocycles. The van der Waals surface area contributed by atoms with Crippen LogP contribution in [0.15, 0.2) is 60.7 Å². The van der Waals surface area contributed by atoms with E-state index in [0.29, 0.717) is 16.6 Å². The molecule has 0 spiro atoms. The molecule has 3 nitrogen and oxygen atoms in total. The van der Waals surface area contributed by atoms with Gasteiger partial charge in [-0.25, -0.2) is 0 Å². The predicted octanol–water partition coefficient (Wildman–Crippen LogP) is 5.68. The number of nitrogens with zero attached hydrogens (tertiary/aromatic N) is 1. The summed E-state index contributed by atoms with van der Waals surface area (Å²) in [6.45, 7) is 3.10. The van der Waals surface area contributed by atoms with Crippen LogP contribution in [0.1, 0.15) is 24.0 Å². The Labute approximate surface area is 181 Å². The molecule has 1 saturated heterocycles. The Morgan fingerprint density at radius 1 is 1.03 bits per heavy atom. The van der Waals surface area contributed by atoms with Crippen molar-refractivity contribution >= 4 is 39.9 Å². The molecule has 5 heteroatoms. The molecule has 3 aromatic rings. The first kappa shape index (κ1) is 20.2. The topological polar surface area (TPSA) is 32.3 Å². The van der Waals surface area contributed by atoms with Gasteiger partial charge in [0.1, 0.15) is 0 Å². The maximum absolute atomic E-state index is 12.8. The molecule has 0 saturated carbocycles. The second-order valence-electron chi connectivity index (χ2n) is 7.67. The number of carbonyl (C=O) groups is 1. The van der Waals surface area contributed by atoms with Gasteiger partial charge in [0.2, 0.25) is 5.91 Å². The molecule has 1 atom stereocenters. The Hall–Kier alpha value is -2.07. The van der Waals surface area contributed by atoms with Crippen LogP contribution in [0.4, 0.5) is 0 Å². The van der Waals surface area contributed by atoms with Crippen LogP contribution in [0, 0.1) is 5.92 Å². The highest BCUT2D eigenvalue weighted by molar-refractivity contribution is 6.35. The van der Waals surface area contributed by atoms with Crippen LogP contribution in [-0.4, -0.2) is 23.9 Å². The quantitative estimate of drug-likeness (QED) is 0.569. The number of rotatable bonds is 5. The van der Waals surface area contributed by atoms with Crippen molar-refractivity contribution < 1.29 is 4.79 Å². The first-order valence-electron chi connectivity index (χ1n) is 10.0. The lowest BCUT2D eigenvalue weighted by Gasteiger charge is -2.32. The minimum absolute atomic E-state index is 0.00445. The summed E-state index contributed by atoms with van der Waals surface area (Å²) in [4.78, 5) is 15.1. The summed E-state index contributed by atoms with van der Waals surface area (Å²) in [7, 11) is 0. The average Bonchev–Trinajstić information content (AvgIpc) is 2.73. The molecule has 150 valence electrons. The summed E-state index contributed by atoms with van der Waals surface area (Å²) in [6.07, 6.45) is 1.96. The summed E-state index contributed by atoms with van der Waals surface area (Å²) in [6, 6.07) is 20.3. The molecule has 1 unspecified atom stereocenters. The number of hydrogen-bond donors (Lipinski definition) is 1. The number of fused-ring (bicyclic) bond motifs is 1. The number of halogens is 2. The van der Waals surface area contributed by atoms with E-state index in [1.807, 2.05) is 6.07 Å². The van der Waals surface area contributed by atoms with Crippen LogP contribution in [0.3, 0.4) is 0 Å². The van der Waals surface area contributed by atoms with Gasteiger partial charge in [-0.15, -0.1) is 0 Å². The van der Waals surface area contributed by atoms with Crippen LogP contribution in [0.25, 0.3) is 10.8 Å². The lowest BCUT2D eigenvalue weighted by Crippen LogP contribution is -2.42. The van der Waals surface area contributed by atoms with Crippen LogP contribution in [0.5, 0.6) is 0 Å². The van der Waals surface area contributed by atoms with E-state index >= 15 is 0 Å². The van der Waals surface area contributed by atoms with Crippen molar-refractivity contribution in [3.63, 3.8) is 0 Å². The maximum Gasteiger partial charge on any atom is 0.224 e. The van der Waals surface area contributed by atoms with Gasteiger partial charge < -0.3 is 5.32 Å². The molecular weight excluding hydrogens is 403 g/mol. The zero-order valence-corrected chi connectivity index (χ0v) is 17.7. The lowest BCUT2D eigenvalue weighted by atomic mass is 9.96. The third-order valence-electron chi connectivity index (χ3n) is 5.62. The third-order valence-corrected chi connectivity index (χ3v) is 6.21. The van der Waals surface area contributed by atoms with Gasteiger partial charge in [0.05, 0.1) is 5.92 Å². The van der Waals surface area contributed by atoms with Crippen molar-refractivity contribution in [1.29, 1.82) is 0 Å². The smallest absolute Gasteiger partial charge is 0.224 e. The molecule has 29 heavy (non-hydrogen) atoms. The number of piperidine rings is 1. The monoisotopic (exact) mass is 426 g/mol. The van der Waals surface area contributed by atoms with E-state index in [2.05, 4.69) is 52.7 Å². The van der Waals surface area contributed by atoms with E-state index in [1.54, 1.807) is 12.1 Å². The highest BCUT2D eigenvalue weighted by Crippen LogP contribution is 2.24. The molecule has 1 fully saturated rings. The molecule has 0 bridgehead atoms. The number of amides is 1. The summed E-state index contributed by atoms with van der Waals surface area (Å²) < 4.78 is 0. The normalized spacial score (nSPS) is 17.4. The fourth-order valence-corrected chi connectivity index (χ4v) is 4.55. The molecule has 4 rings (SSSR count). The van der Waals surface area contributed by atoms with Gasteiger partial charge in [-0.2, -0.15) is 0 Å². The second-order valence-corrected chi connectivity index (χ2v) is 8.51. The van der Waals surface area contributed by atoms with E-state index in [1.165, 1.54) is 16.3 Å². The maximum atomic E-state index is 12.8. The van der Waals surface area contributed by atoms with Gasteiger partial charge >= 0.3 is 0 Å². The minimum atomic E-state index is 0.00445. The van der Waals surface area contributed by atoms with Crippen molar-refractivity contribution in [2.45, 2.75) is 25.9 Å². The van der Waals surface area contributed by atoms with Crippen molar-refractivity contribution in [1.82, 2.24) is 10.2 Å². The predicted molar refractivity (Wildman–Crippen MR) is 120 cm³/mol. The Morgan fingerprint density at radius 2 is 1.86 bits per heavy atom. The highest BCUT2D eigenvalue weighted by atomic mass is 35.5. The number of likely N-dealkylation sites (tertiary alicyclic amines) is 1. The zero-order chi connectivity index (χ0) is 20.2. The van der Waals surface area contributed by atoms with Crippen LogP contribution < -0.4 is 5.32 Å². The van der Waals surface area contributed by atoms with Gasteiger partial charge in [0.25, 0.3) is 0 Å². The molecule has 0 aliphatic carbocycles. The lowest BCUT2D eigenvalue weighted by molar-refractivity contribution is -0.126. The first-order chi connectivity index (χ1) is 14.1. The fraction of sp³-hybridized carbons (Fsp3) is 0.292. The number of nitrogens with one attached hydrogen (secondary N) is 1. The van der Waals surface area contributed by atoms with Gasteiger partial charge in [-0.1, -0.05) is 71.7 Å². The molecular formula is C24H24Cl2N2O. The Kier molecular flexibility index (Phi) is 6.39. The molecule has 1 heterocycles. The Balaban J connectivity index is 1.38. The summed E-state index contributed by atoms with van der Waals surface area (Å²) >= 11 is 12.2. The molecule has 0 radical (unpaired) electrons. The third kappa shape index (κ3) is 4.92. The van der Waals surface area contributed by atoms with Gasteiger partial charge in [0.15, 0.2) is 0 Å². The van der Waals surface area contributed by atoms with Crippen molar-refractivity contribution in [2.75, 3.05) is 13.1 Å². The second kappa shape index (κ2) is 9.17. The average molecular weight is 427 g/mol. The fourth-order valence-electron chi connectivity index (χ4n) is 4.08. The van der Waals surface area contributed by atoms with E-state index in [4.69, 9.17) is 23.2 Å². The largest absolute Gasteiger partial charge is 0.352 e. The summed E-state index contributed by atoms with van der Waals surface area (Å²) in [5.74, 6) is 0.100. The Morgan fingerprint density at radius 3 is 2.72 bits per heavy atom. The highest BCUT2D eigenvalue weighted by Gasteiger charge is 2.26. The molecule has 1 amide bonds. The van der Waals surface area contributed by atoms with Crippen LogP contribution >= 0.6 is 23.2 Å². The van der Waals surface area contributed by atoms with E-state index in [-0.39, 0.29) is 11.8 Å². The molecule has 0 aromatic heterocycles. The first-order valence-corrected chi connectivity index (χ1v) is 10.8. The molecule has 1 N–H and O–H groups in total. The summed E-state index contributed by atoms with van der Waals surface area (Å²) in [5.41, 5.74) is 2.20. The van der Waals surface area contributed by atoms with E-state index in [9.17, 15) is 4.79 Å². The summed E-state index contributed by atoms with van der Waals surface area (Å²) in [5, 5.41) is 6.78. The van der Waals surface area contributed by atoms with Gasteiger partial charge in [0, 0.05) is 29.7 Å². The van der Waals surface area contributed by atoms with E-state index < -0.39 is 0 Å². The van der Waals surface area contributed by atoms with Crippen molar-refractivity contribution in [3.8, 4) is 0 Å². The van der Waals surface area contributed by atoms with Crippen LogP contribution in [-0.2, 0) is 17.9 Å². The van der Waals surface area contributed by atoms with Crippen molar-refractivity contribution in [2.24, 2.45) is 5.92 Å². The van der Waals surface area contributed by atoms with Crippen LogP contribution in [0.2, 0.25) is 10.0 Å².